The van der Waals surface area contributed by atoms with Crippen LogP contribution in [0.5, 0.6) is 0 Å². The van der Waals surface area contributed by atoms with Crippen LogP contribution < -0.4 is 20.4 Å². The van der Waals surface area contributed by atoms with Crippen molar-refractivity contribution in [3.63, 3.8) is 0 Å². The summed E-state index contributed by atoms with van der Waals surface area (Å²) in [6, 6.07) is 8.07. The van der Waals surface area contributed by atoms with Gasteiger partial charge in [0, 0.05) is 31.0 Å². The van der Waals surface area contributed by atoms with E-state index in [0.717, 1.165) is 36.1 Å². The first-order chi connectivity index (χ1) is 12.5. The fourth-order valence-corrected chi connectivity index (χ4v) is 3.25. The maximum atomic E-state index is 12.3. The number of anilines is 2. The third-order valence-electron chi connectivity index (χ3n) is 4.99. The third-order valence-corrected chi connectivity index (χ3v) is 4.99. The molecule has 6 heteroatoms. The highest BCUT2D eigenvalue weighted by molar-refractivity contribution is 5.91. The number of quaternary nitrogens is 1. The highest BCUT2D eigenvalue weighted by Gasteiger charge is 2.17. The predicted octanol–water partition coefficient (Wildman–Crippen LogP) is 0.902. The van der Waals surface area contributed by atoms with Gasteiger partial charge in [0.25, 0.3) is 11.8 Å². The van der Waals surface area contributed by atoms with Crippen molar-refractivity contribution >= 4 is 23.2 Å². The summed E-state index contributed by atoms with van der Waals surface area (Å²) in [4.78, 5) is 27.3. The molecule has 1 aliphatic rings. The molecule has 1 saturated heterocycles. The second kappa shape index (κ2) is 10.2. The van der Waals surface area contributed by atoms with Gasteiger partial charge >= 0.3 is 0 Å². The third kappa shape index (κ3) is 6.33. The summed E-state index contributed by atoms with van der Waals surface area (Å²) in [6.45, 7) is 10.3. The molecule has 1 aliphatic heterocycles. The van der Waals surface area contributed by atoms with Crippen molar-refractivity contribution in [3.8, 4) is 0 Å². The lowest BCUT2D eigenvalue weighted by Gasteiger charge is -2.32. The standard InChI is InChI=1S/C20H32N4O2/c1-4-21-19(25)14-23(5-2)15-20(26)22-17-6-8-18(9-7-17)24-12-10-16(3)11-13-24/h6-9,16H,4-5,10-15H2,1-3H3,(H,21,25)(H,22,26)/p+1. The van der Waals surface area contributed by atoms with Gasteiger partial charge in [-0.25, -0.2) is 0 Å². The molecule has 2 rings (SSSR count). The number of nitrogens with one attached hydrogen (secondary N) is 3. The van der Waals surface area contributed by atoms with Gasteiger partial charge in [-0.15, -0.1) is 0 Å². The average Bonchev–Trinajstić information content (AvgIpc) is 2.62. The molecule has 1 fully saturated rings. The van der Waals surface area contributed by atoms with Gasteiger partial charge in [0.15, 0.2) is 13.1 Å². The molecule has 3 N–H and O–H groups in total. The summed E-state index contributed by atoms with van der Waals surface area (Å²) in [5.41, 5.74) is 2.02. The van der Waals surface area contributed by atoms with E-state index < -0.39 is 0 Å². The van der Waals surface area contributed by atoms with Crippen molar-refractivity contribution in [2.75, 3.05) is 49.5 Å². The van der Waals surface area contributed by atoms with Crippen LogP contribution in [-0.2, 0) is 9.59 Å². The minimum absolute atomic E-state index is 0.0163. The van der Waals surface area contributed by atoms with Crippen molar-refractivity contribution in [2.24, 2.45) is 5.92 Å². The quantitative estimate of drug-likeness (QED) is 0.645. The van der Waals surface area contributed by atoms with E-state index in [1.54, 1.807) is 0 Å². The van der Waals surface area contributed by atoms with E-state index in [4.69, 9.17) is 0 Å². The van der Waals surface area contributed by atoms with Crippen LogP contribution in [0.2, 0.25) is 0 Å². The van der Waals surface area contributed by atoms with Crippen molar-refractivity contribution in [1.82, 2.24) is 5.32 Å². The number of nitrogens with zero attached hydrogens (tertiary/aromatic N) is 1. The Hall–Kier alpha value is -2.08. The lowest BCUT2D eigenvalue weighted by molar-refractivity contribution is -0.881. The molecule has 0 aromatic heterocycles. The summed E-state index contributed by atoms with van der Waals surface area (Å²) >= 11 is 0. The van der Waals surface area contributed by atoms with Crippen LogP contribution in [0, 0.1) is 5.92 Å². The molecule has 144 valence electrons. The Bertz CT molecular complexity index is 580. The Labute approximate surface area is 156 Å². The van der Waals surface area contributed by atoms with Gasteiger partial charge in [-0.2, -0.15) is 0 Å². The Morgan fingerprint density at radius 3 is 2.27 bits per heavy atom. The second-order valence-corrected chi connectivity index (χ2v) is 7.18. The first-order valence-electron chi connectivity index (χ1n) is 9.77. The SMILES string of the molecule is CCNC(=O)C[NH+](CC)CC(=O)Nc1ccc(N2CCC(C)CC2)cc1. The van der Waals surface area contributed by atoms with Crippen molar-refractivity contribution in [3.05, 3.63) is 24.3 Å². The Balaban J connectivity index is 1.83. The number of carbonyl (C=O) groups excluding carboxylic acids is 2. The summed E-state index contributed by atoms with van der Waals surface area (Å²) in [6.07, 6.45) is 2.47. The summed E-state index contributed by atoms with van der Waals surface area (Å²) in [7, 11) is 0. The number of rotatable bonds is 8. The fourth-order valence-electron chi connectivity index (χ4n) is 3.25. The van der Waals surface area contributed by atoms with E-state index in [1.165, 1.54) is 18.5 Å². The van der Waals surface area contributed by atoms with Crippen LogP contribution in [0.3, 0.4) is 0 Å². The van der Waals surface area contributed by atoms with E-state index in [1.807, 2.05) is 26.0 Å². The zero-order valence-electron chi connectivity index (χ0n) is 16.3. The van der Waals surface area contributed by atoms with Crippen LogP contribution >= 0.6 is 0 Å². The molecule has 1 unspecified atom stereocenters. The van der Waals surface area contributed by atoms with Gasteiger partial charge in [-0.3, -0.25) is 9.59 Å². The number of hydrogen-bond acceptors (Lipinski definition) is 3. The Morgan fingerprint density at radius 1 is 1.08 bits per heavy atom. The number of likely N-dealkylation sites (N-methyl/N-ethyl adjacent to an activating group) is 2. The molecule has 6 nitrogen and oxygen atoms in total. The minimum atomic E-state index is -0.0642. The summed E-state index contributed by atoms with van der Waals surface area (Å²) in [5, 5.41) is 5.72. The lowest BCUT2D eigenvalue weighted by Crippen LogP contribution is -3.14. The highest BCUT2D eigenvalue weighted by Crippen LogP contribution is 2.24. The fraction of sp³-hybridized carbons (Fsp3) is 0.600. The maximum absolute atomic E-state index is 12.3. The molecule has 1 heterocycles. The molecular weight excluding hydrogens is 328 g/mol. The van der Waals surface area contributed by atoms with E-state index in [-0.39, 0.29) is 11.8 Å². The highest BCUT2D eigenvalue weighted by atomic mass is 16.2. The molecule has 0 spiro atoms. The minimum Gasteiger partial charge on any atom is -0.372 e. The van der Waals surface area contributed by atoms with Crippen molar-refractivity contribution in [1.29, 1.82) is 0 Å². The largest absolute Gasteiger partial charge is 0.372 e. The first kappa shape index (κ1) is 20.2. The summed E-state index contributed by atoms with van der Waals surface area (Å²) in [5.74, 6) is 0.733. The second-order valence-electron chi connectivity index (χ2n) is 7.18. The maximum Gasteiger partial charge on any atom is 0.279 e. The summed E-state index contributed by atoms with van der Waals surface area (Å²) < 4.78 is 0. The van der Waals surface area contributed by atoms with E-state index in [2.05, 4.69) is 34.6 Å². The van der Waals surface area contributed by atoms with Gasteiger partial charge in [0.05, 0.1) is 6.54 Å². The molecular formula is C20H33N4O2+. The normalized spacial score (nSPS) is 16.2. The molecule has 0 aliphatic carbocycles. The van der Waals surface area contributed by atoms with Gasteiger partial charge in [-0.05, 0) is 56.9 Å². The number of hydrogen-bond donors (Lipinski definition) is 3. The molecule has 1 aromatic rings. The molecule has 1 aromatic carbocycles. The van der Waals surface area contributed by atoms with E-state index in [9.17, 15) is 9.59 Å². The van der Waals surface area contributed by atoms with Crippen molar-refractivity contribution in [2.45, 2.75) is 33.6 Å². The van der Waals surface area contributed by atoms with Gasteiger partial charge in [0.2, 0.25) is 0 Å². The van der Waals surface area contributed by atoms with Crippen LogP contribution in [0.4, 0.5) is 11.4 Å². The van der Waals surface area contributed by atoms with Gasteiger partial charge in [0.1, 0.15) is 0 Å². The average molecular weight is 362 g/mol. The lowest BCUT2D eigenvalue weighted by atomic mass is 9.99. The number of amides is 2. The van der Waals surface area contributed by atoms with Crippen LogP contribution in [0.1, 0.15) is 33.6 Å². The molecule has 0 saturated carbocycles. The number of benzene rings is 1. The zero-order valence-corrected chi connectivity index (χ0v) is 16.3. The van der Waals surface area contributed by atoms with E-state index in [0.29, 0.717) is 19.6 Å². The van der Waals surface area contributed by atoms with Gasteiger partial charge in [-0.1, -0.05) is 6.92 Å². The van der Waals surface area contributed by atoms with Gasteiger partial charge < -0.3 is 20.4 Å². The molecule has 0 radical (unpaired) electrons. The van der Waals surface area contributed by atoms with E-state index >= 15 is 0 Å². The zero-order chi connectivity index (χ0) is 18.9. The molecule has 26 heavy (non-hydrogen) atoms. The molecule has 2 amide bonds. The predicted molar refractivity (Wildman–Crippen MR) is 106 cm³/mol. The smallest absolute Gasteiger partial charge is 0.279 e. The Kier molecular flexibility index (Phi) is 7.91. The molecule has 0 bridgehead atoms. The van der Waals surface area contributed by atoms with Crippen molar-refractivity contribution < 1.29 is 14.5 Å². The topological polar surface area (TPSA) is 65.9 Å². The van der Waals surface area contributed by atoms with Crippen LogP contribution in [0.25, 0.3) is 0 Å². The number of piperidine rings is 1. The monoisotopic (exact) mass is 361 g/mol. The van der Waals surface area contributed by atoms with Crippen LogP contribution in [0.15, 0.2) is 24.3 Å². The molecule has 1 atom stereocenters. The van der Waals surface area contributed by atoms with Crippen LogP contribution in [-0.4, -0.2) is 51.1 Å². The Morgan fingerprint density at radius 2 is 1.69 bits per heavy atom. The first-order valence-corrected chi connectivity index (χ1v) is 9.77. The number of carbonyl (C=O) groups is 2.